The number of nitrogens with zero attached hydrogens (tertiary/aromatic N) is 4. The minimum Gasteiger partial charge on any atom is -0.310 e. The number of carbonyl (C=O) groups excluding carboxylic acids is 1. The van der Waals surface area contributed by atoms with Crippen molar-refractivity contribution in [2.45, 2.75) is 13.5 Å². The van der Waals surface area contributed by atoms with Crippen LogP contribution in [0.2, 0.25) is 5.02 Å². The van der Waals surface area contributed by atoms with E-state index in [0.29, 0.717) is 28.5 Å². The summed E-state index contributed by atoms with van der Waals surface area (Å²) in [5.74, 6) is -0.172. The highest BCUT2D eigenvalue weighted by molar-refractivity contribution is 9.10. The number of halogens is 2. The third kappa shape index (κ3) is 3.66. The first kappa shape index (κ1) is 19.6. The molecule has 0 fully saturated rings. The standard InChI is InChI=1S/C22H18BrClN4O/c1-3-28-21-17(13-25-28)16(12-19(26-21)14-7-5-4-6-8-14)22(29)27(2)20-10-9-15(23)11-18(20)24/h4-13H,3H2,1-2H3. The van der Waals surface area contributed by atoms with Gasteiger partial charge in [0.05, 0.1) is 33.6 Å². The molecule has 29 heavy (non-hydrogen) atoms. The van der Waals surface area contributed by atoms with Gasteiger partial charge in [-0.2, -0.15) is 5.10 Å². The van der Waals surface area contributed by atoms with Crippen LogP contribution in [0.1, 0.15) is 17.3 Å². The molecule has 0 saturated heterocycles. The predicted octanol–water partition coefficient (Wildman–Crippen LogP) is 5.81. The van der Waals surface area contributed by atoms with E-state index in [1.54, 1.807) is 28.9 Å². The Morgan fingerprint density at radius 2 is 1.93 bits per heavy atom. The van der Waals surface area contributed by atoms with E-state index in [1.165, 1.54) is 0 Å². The summed E-state index contributed by atoms with van der Waals surface area (Å²) in [5, 5.41) is 5.62. The maximum atomic E-state index is 13.5. The van der Waals surface area contributed by atoms with Crippen molar-refractivity contribution in [2.24, 2.45) is 0 Å². The normalized spacial score (nSPS) is 11.0. The minimum absolute atomic E-state index is 0.172. The molecule has 7 heteroatoms. The number of amides is 1. The molecule has 0 N–H and O–H groups in total. The number of carbonyl (C=O) groups is 1. The lowest BCUT2D eigenvalue weighted by Crippen LogP contribution is -2.27. The van der Waals surface area contributed by atoms with Crippen LogP contribution >= 0.6 is 27.5 Å². The molecule has 0 bridgehead atoms. The fourth-order valence-corrected chi connectivity index (χ4v) is 4.06. The average Bonchev–Trinajstić information content (AvgIpc) is 3.16. The molecule has 0 aliphatic rings. The summed E-state index contributed by atoms with van der Waals surface area (Å²) in [7, 11) is 1.72. The molecule has 0 radical (unpaired) electrons. The number of aromatic nitrogens is 3. The first-order valence-electron chi connectivity index (χ1n) is 9.14. The van der Waals surface area contributed by atoms with E-state index < -0.39 is 0 Å². The maximum Gasteiger partial charge on any atom is 0.258 e. The van der Waals surface area contributed by atoms with Crippen LogP contribution in [0.25, 0.3) is 22.3 Å². The monoisotopic (exact) mass is 468 g/mol. The molecular weight excluding hydrogens is 452 g/mol. The minimum atomic E-state index is -0.172. The molecule has 0 unspecified atom stereocenters. The number of hydrogen-bond acceptors (Lipinski definition) is 3. The lowest BCUT2D eigenvalue weighted by Gasteiger charge is -2.20. The molecule has 2 heterocycles. The molecule has 4 aromatic rings. The second kappa shape index (κ2) is 7.97. The Kier molecular flexibility index (Phi) is 5.39. The predicted molar refractivity (Wildman–Crippen MR) is 121 cm³/mol. The highest BCUT2D eigenvalue weighted by atomic mass is 79.9. The number of pyridine rings is 1. The van der Waals surface area contributed by atoms with Crippen LogP contribution in [-0.4, -0.2) is 27.7 Å². The summed E-state index contributed by atoms with van der Waals surface area (Å²) in [4.78, 5) is 19.8. The van der Waals surface area contributed by atoms with E-state index >= 15 is 0 Å². The van der Waals surface area contributed by atoms with Gasteiger partial charge in [0.15, 0.2) is 5.65 Å². The number of anilines is 1. The van der Waals surface area contributed by atoms with Gasteiger partial charge in [-0.25, -0.2) is 9.67 Å². The van der Waals surface area contributed by atoms with Gasteiger partial charge in [-0.05, 0) is 31.2 Å². The maximum absolute atomic E-state index is 13.5. The molecular formula is C22H18BrClN4O. The van der Waals surface area contributed by atoms with Gasteiger partial charge >= 0.3 is 0 Å². The third-order valence-corrected chi connectivity index (χ3v) is 5.58. The number of rotatable bonds is 4. The topological polar surface area (TPSA) is 51.0 Å². The van der Waals surface area contributed by atoms with Crippen molar-refractivity contribution in [1.82, 2.24) is 14.8 Å². The van der Waals surface area contributed by atoms with E-state index in [9.17, 15) is 4.79 Å². The molecule has 0 atom stereocenters. The Labute approximate surface area is 182 Å². The molecule has 4 rings (SSSR count). The van der Waals surface area contributed by atoms with Crippen LogP contribution in [-0.2, 0) is 6.54 Å². The second-order valence-electron chi connectivity index (χ2n) is 6.58. The molecule has 0 aliphatic heterocycles. The SMILES string of the molecule is CCn1ncc2c(C(=O)N(C)c3ccc(Br)cc3Cl)cc(-c3ccccc3)nc21. The van der Waals surface area contributed by atoms with Crippen molar-refractivity contribution in [1.29, 1.82) is 0 Å². The fraction of sp³-hybridized carbons (Fsp3) is 0.136. The highest BCUT2D eigenvalue weighted by Gasteiger charge is 2.22. The first-order valence-corrected chi connectivity index (χ1v) is 10.3. The van der Waals surface area contributed by atoms with Gasteiger partial charge in [0.1, 0.15) is 0 Å². The van der Waals surface area contributed by atoms with Crippen LogP contribution in [0.5, 0.6) is 0 Å². The summed E-state index contributed by atoms with van der Waals surface area (Å²) in [5.41, 5.74) is 3.53. The Balaban J connectivity index is 1.87. The molecule has 1 amide bonds. The zero-order valence-electron chi connectivity index (χ0n) is 15.9. The van der Waals surface area contributed by atoms with E-state index in [0.717, 1.165) is 21.1 Å². The smallest absolute Gasteiger partial charge is 0.258 e. The van der Waals surface area contributed by atoms with Gasteiger partial charge in [-0.15, -0.1) is 0 Å². The second-order valence-corrected chi connectivity index (χ2v) is 7.90. The Hall–Kier alpha value is -2.70. The quantitative estimate of drug-likeness (QED) is 0.379. The van der Waals surface area contributed by atoms with Crippen LogP contribution in [0, 0.1) is 0 Å². The van der Waals surface area contributed by atoms with Crippen LogP contribution in [0.3, 0.4) is 0 Å². The number of aryl methyl sites for hydroxylation is 1. The van der Waals surface area contributed by atoms with Crippen molar-refractivity contribution in [2.75, 3.05) is 11.9 Å². The molecule has 2 aromatic carbocycles. The van der Waals surface area contributed by atoms with Crippen molar-refractivity contribution in [3.05, 3.63) is 75.9 Å². The summed E-state index contributed by atoms with van der Waals surface area (Å²) in [6, 6.07) is 17.1. The van der Waals surface area contributed by atoms with Gasteiger partial charge in [-0.1, -0.05) is 57.9 Å². The molecule has 0 spiro atoms. The van der Waals surface area contributed by atoms with Gasteiger partial charge in [-0.3, -0.25) is 4.79 Å². The Morgan fingerprint density at radius 3 is 2.62 bits per heavy atom. The number of fused-ring (bicyclic) bond motifs is 1. The van der Waals surface area contributed by atoms with E-state index in [-0.39, 0.29) is 5.91 Å². The summed E-state index contributed by atoms with van der Waals surface area (Å²) < 4.78 is 2.65. The summed E-state index contributed by atoms with van der Waals surface area (Å²) >= 11 is 9.77. The lowest BCUT2D eigenvalue weighted by molar-refractivity contribution is 0.0994. The van der Waals surface area contributed by atoms with Crippen molar-refractivity contribution >= 4 is 50.2 Å². The first-order chi connectivity index (χ1) is 14.0. The summed E-state index contributed by atoms with van der Waals surface area (Å²) in [6.07, 6.45) is 1.70. The van der Waals surface area contributed by atoms with E-state index in [1.807, 2.05) is 55.5 Å². The van der Waals surface area contributed by atoms with Crippen molar-refractivity contribution < 1.29 is 4.79 Å². The Morgan fingerprint density at radius 1 is 1.17 bits per heavy atom. The largest absolute Gasteiger partial charge is 0.310 e. The van der Waals surface area contributed by atoms with Gasteiger partial charge in [0.25, 0.3) is 5.91 Å². The molecule has 146 valence electrons. The molecule has 0 aliphatic carbocycles. The highest BCUT2D eigenvalue weighted by Crippen LogP contribution is 2.31. The van der Waals surface area contributed by atoms with Crippen LogP contribution in [0.15, 0.2) is 65.3 Å². The van der Waals surface area contributed by atoms with Gasteiger partial charge < -0.3 is 4.90 Å². The molecule has 5 nitrogen and oxygen atoms in total. The zero-order chi connectivity index (χ0) is 20.5. The van der Waals surface area contributed by atoms with E-state index in [2.05, 4.69) is 21.0 Å². The fourth-order valence-electron chi connectivity index (χ4n) is 3.26. The Bertz CT molecular complexity index is 1210. The zero-order valence-corrected chi connectivity index (χ0v) is 18.3. The van der Waals surface area contributed by atoms with Crippen LogP contribution < -0.4 is 4.90 Å². The number of hydrogen-bond donors (Lipinski definition) is 0. The lowest BCUT2D eigenvalue weighted by atomic mass is 10.1. The van der Waals surface area contributed by atoms with Crippen molar-refractivity contribution in [3.63, 3.8) is 0 Å². The van der Waals surface area contributed by atoms with Gasteiger partial charge in [0, 0.05) is 23.6 Å². The molecule has 2 aromatic heterocycles. The number of benzene rings is 2. The average molecular weight is 470 g/mol. The third-order valence-electron chi connectivity index (χ3n) is 4.78. The van der Waals surface area contributed by atoms with E-state index in [4.69, 9.17) is 16.6 Å². The van der Waals surface area contributed by atoms with Crippen LogP contribution in [0.4, 0.5) is 5.69 Å². The van der Waals surface area contributed by atoms with Crippen molar-refractivity contribution in [3.8, 4) is 11.3 Å². The summed E-state index contributed by atoms with van der Waals surface area (Å²) in [6.45, 7) is 2.66. The molecule has 0 saturated carbocycles. The van der Waals surface area contributed by atoms with Gasteiger partial charge in [0.2, 0.25) is 0 Å².